The van der Waals surface area contributed by atoms with E-state index in [9.17, 15) is 20.1 Å². The lowest BCUT2D eigenvalue weighted by Gasteiger charge is -2.35. The van der Waals surface area contributed by atoms with Crippen LogP contribution in [0.25, 0.3) is 10.8 Å². The van der Waals surface area contributed by atoms with Crippen LogP contribution in [0.5, 0.6) is 0 Å². The minimum Gasteiger partial charge on any atom is -0.325 e. The van der Waals surface area contributed by atoms with Crippen molar-refractivity contribution >= 4 is 40.0 Å². The summed E-state index contributed by atoms with van der Waals surface area (Å²) in [5.41, 5.74) is 0.0750. The number of fused-ring (bicyclic) bond motifs is 1. The largest absolute Gasteiger partial charge is 0.325 e. The summed E-state index contributed by atoms with van der Waals surface area (Å²) in [6, 6.07) is 17.5. The van der Waals surface area contributed by atoms with Crippen molar-refractivity contribution in [1.29, 1.82) is 10.5 Å². The number of carbonyl (C=O) groups is 2. The number of hydrogen-bond donors (Lipinski definition) is 2. The molecule has 0 saturated heterocycles. The summed E-state index contributed by atoms with van der Waals surface area (Å²) in [5.74, 6) is -1.66. The Morgan fingerprint density at radius 3 is 2.59 bits per heavy atom. The summed E-state index contributed by atoms with van der Waals surface area (Å²) in [5, 5.41) is 26.2. The van der Waals surface area contributed by atoms with Gasteiger partial charge in [-0.2, -0.15) is 10.5 Å². The van der Waals surface area contributed by atoms with E-state index in [2.05, 4.69) is 16.7 Å². The van der Waals surface area contributed by atoms with Crippen LogP contribution in [-0.2, 0) is 9.59 Å². The molecule has 1 aliphatic rings. The molecule has 6 nitrogen and oxygen atoms in total. The summed E-state index contributed by atoms with van der Waals surface area (Å²) in [6.45, 7) is 5.10. The normalized spacial score (nSPS) is 19.1. The van der Waals surface area contributed by atoms with E-state index in [0.717, 1.165) is 22.5 Å². The highest BCUT2D eigenvalue weighted by Gasteiger charge is 2.45. The van der Waals surface area contributed by atoms with Gasteiger partial charge in [-0.3, -0.25) is 9.59 Å². The number of anilines is 1. The van der Waals surface area contributed by atoms with Crippen LogP contribution in [0, 0.1) is 34.0 Å². The molecule has 0 aliphatic carbocycles. The van der Waals surface area contributed by atoms with E-state index in [1.54, 1.807) is 20.8 Å². The molecule has 0 unspecified atom stereocenters. The van der Waals surface area contributed by atoms with Crippen LogP contribution in [0.1, 0.15) is 20.8 Å². The van der Waals surface area contributed by atoms with E-state index in [1.165, 1.54) is 0 Å². The highest BCUT2D eigenvalue weighted by atomic mass is 32.2. The fourth-order valence-corrected chi connectivity index (χ4v) is 4.42. The molecule has 2 aromatic carbocycles. The molecule has 0 spiro atoms. The second-order valence-corrected chi connectivity index (χ2v) is 8.72. The first-order chi connectivity index (χ1) is 13.8. The SMILES string of the molecule is C[C@@H](SC1=C(C#N)C(C)(C)[C@@H](C#N)C(=O)N1)C(=O)Nc1cccc2ccccc12. The molecule has 2 atom stereocenters. The molecule has 7 heteroatoms. The summed E-state index contributed by atoms with van der Waals surface area (Å²) < 4.78 is 0. The monoisotopic (exact) mass is 404 g/mol. The summed E-state index contributed by atoms with van der Waals surface area (Å²) in [7, 11) is 0. The van der Waals surface area contributed by atoms with E-state index in [4.69, 9.17) is 0 Å². The summed E-state index contributed by atoms with van der Waals surface area (Å²) >= 11 is 1.11. The van der Waals surface area contributed by atoms with Crippen molar-refractivity contribution in [3.63, 3.8) is 0 Å². The predicted molar refractivity (Wildman–Crippen MR) is 113 cm³/mol. The molecule has 0 radical (unpaired) electrons. The molecule has 0 aromatic heterocycles. The number of thioether (sulfide) groups is 1. The molecule has 29 heavy (non-hydrogen) atoms. The molecule has 2 N–H and O–H groups in total. The third-order valence-electron chi connectivity index (χ3n) is 5.04. The summed E-state index contributed by atoms with van der Waals surface area (Å²) in [6.07, 6.45) is 0. The van der Waals surface area contributed by atoms with E-state index in [-0.39, 0.29) is 5.91 Å². The standard InChI is InChI=1S/C22H20N4O2S/c1-13(19(27)25-18-10-6-8-14-7-4-5-9-15(14)18)29-21-17(12-24)22(2,3)16(11-23)20(28)26-21/h4-10,13,16H,1-3H3,(H,25,27)(H,26,28)/t13-,16+/m1/s1. The quantitative estimate of drug-likeness (QED) is 0.803. The predicted octanol–water partition coefficient (Wildman–Crippen LogP) is 3.93. The van der Waals surface area contributed by atoms with Gasteiger partial charge in [0, 0.05) is 16.5 Å². The molecular formula is C22H20N4O2S. The minimum atomic E-state index is -0.957. The zero-order valence-electron chi connectivity index (χ0n) is 16.3. The van der Waals surface area contributed by atoms with Crippen molar-refractivity contribution in [3.05, 3.63) is 53.1 Å². The van der Waals surface area contributed by atoms with Gasteiger partial charge in [0.2, 0.25) is 11.8 Å². The van der Waals surface area contributed by atoms with Gasteiger partial charge in [0.1, 0.15) is 5.92 Å². The highest BCUT2D eigenvalue weighted by molar-refractivity contribution is 8.04. The minimum absolute atomic E-state index is 0.245. The molecule has 3 rings (SSSR count). The molecule has 1 heterocycles. The maximum Gasteiger partial charge on any atom is 0.243 e. The zero-order chi connectivity index (χ0) is 21.2. The number of benzene rings is 2. The van der Waals surface area contributed by atoms with Gasteiger partial charge < -0.3 is 10.6 Å². The third-order valence-corrected chi connectivity index (χ3v) is 6.15. The van der Waals surface area contributed by atoms with Crippen LogP contribution >= 0.6 is 11.8 Å². The lowest BCUT2D eigenvalue weighted by Crippen LogP contribution is -2.45. The van der Waals surface area contributed by atoms with E-state index in [1.807, 2.05) is 48.5 Å². The van der Waals surface area contributed by atoms with Gasteiger partial charge in [-0.15, -0.1) is 0 Å². The highest BCUT2D eigenvalue weighted by Crippen LogP contribution is 2.42. The molecule has 0 fully saturated rings. The fourth-order valence-electron chi connectivity index (χ4n) is 3.31. The smallest absolute Gasteiger partial charge is 0.243 e. The van der Waals surface area contributed by atoms with Crippen LogP contribution in [0.3, 0.4) is 0 Å². The number of amides is 2. The molecule has 0 bridgehead atoms. The van der Waals surface area contributed by atoms with Gasteiger partial charge in [0.15, 0.2) is 0 Å². The zero-order valence-corrected chi connectivity index (χ0v) is 17.1. The number of rotatable bonds is 4. The number of allylic oxidation sites excluding steroid dienone is 1. The molecule has 2 amide bonds. The number of carbonyl (C=O) groups excluding carboxylic acids is 2. The van der Waals surface area contributed by atoms with Crippen molar-refractivity contribution in [2.45, 2.75) is 26.0 Å². The van der Waals surface area contributed by atoms with E-state index >= 15 is 0 Å². The van der Waals surface area contributed by atoms with E-state index in [0.29, 0.717) is 16.3 Å². The first-order valence-corrected chi connectivity index (χ1v) is 9.98. The number of nitrogens with zero attached hydrogens (tertiary/aromatic N) is 2. The van der Waals surface area contributed by atoms with Gasteiger partial charge in [0.25, 0.3) is 0 Å². The Labute approximate surface area is 173 Å². The number of nitrogens with one attached hydrogen (secondary N) is 2. The van der Waals surface area contributed by atoms with Crippen LogP contribution in [0.15, 0.2) is 53.1 Å². The Morgan fingerprint density at radius 2 is 1.90 bits per heavy atom. The fraction of sp³-hybridized carbons (Fsp3) is 0.273. The molecule has 0 saturated carbocycles. The van der Waals surface area contributed by atoms with Crippen LogP contribution in [0.4, 0.5) is 5.69 Å². The van der Waals surface area contributed by atoms with E-state index < -0.39 is 22.5 Å². The molecule has 2 aromatic rings. The van der Waals surface area contributed by atoms with Crippen molar-refractivity contribution in [2.75, 3.05) is 5.32 Å². The second kappa shape index (κ2) is 7.98. The second-order valence-electron chi connectivity index (χ2n) is 7.37. The Balaban J connectivity index is 1.84. The van der Waals surface area contributed by atoms with Crippen LogP contribution in [-0.4, -0.2) is 17.1 Å². The van der Waals surface area contributed by atoms with Gasteiger partial charge in [-0.1, -0.05) is 62.0 Å². The van der Waals surface area contributed by atoms with Gasteiger partial charge in [-0.25, -0.2) is 0 Å². The number of hydrogen-bond acceptors (Lipinski definition) is 5. The lowest BCUT2D eigenvalue weighted by molar-refractivity contribution is -0.125. The van der Waals surface area contributed by atoms with Gasteiger partial charge >= 0.3 is 0 Å². The summed E-state index contributed by atoms with van der Waals surface area (Å²) in [4.78, 5) is 25.1. The Hall–Kier alpha value is -3.29. The first-order valence-electron chi connectivity index (χ1n) is 9.10. The Morgan fingerprint density at radius 1 is 1.21 bits per heavy atom. The van der Waals surface area contributed by atoms with Gasteiger partial charge in [-0.05, 0) is 18.4 Å². The van der Waals surface area contributed by atoms with Crippen molar-refractivity contribution < 1.29 is 9.59 Å². The van der Waals surface area contributed by atoms with Crippen LogP contribution in [0.2, 0.25) is 0 Å². The Bertz CT molecular complexity index is 1100. The van der Waals surface area contributed by atoms with Crippen molar-refractivity contribution in [3.8, 4) is 12.1 Å². The molecular weight excluding hydrogens is 384 g/mol. The maximum absolute atomic E-state index is 12.8. The van der Waals surface area contributed by atoms with Crippen molar-refractivity contribution in [1.82, 2.24) is 5.32 Å². The Kier molecular flexibility index (Phi) is 5.63. The lowest BCUT2D eigenvalue weighted by atomic mass is 9.72. The average molecular weight is 404 g/mol. The first kappa shape index (κ1) is 20.4. The number of nitriles is 2. The van der Waals surface area contributed by atoms with Crippen LogP contribution < -0.4 is 10.6 Å². The maximum atomic E-state index is 12.8. The third kappa shape index (κ3) is 3.83. The molecule has 1 aliphatic heterocycles. The average Bonchev–Trinajstić information content (AvgIpc) is 2.68. The molecule has 146 valence electrons. The van der Waals surface area contributed by atoms with Gasteiger partial charge in [0.05, 0.1) is 28.0 Å². The topological polar surface area (TPSA) is 106 Å². The van der Waals surface area contributed by atoms with Crippen molar-refractivity contribution in [2.24, 2.45) is 11.3 Å².